The van der Waals surface area contributed by atoms with E-state index in [0.717, 1.165) is 45.1 Å². The van der Waals surface area contributed by atoms with Gasteiger partial charge in [-0.25, -0.2) is 0 Å². The molecule has 0 aromatic heterocycles. The van der Waals surface area contributed by atoms with Crippen LogP contribution in [0.2, 0.25) is 0 Å². The van der Waals surface area contributed by atoms with Gasteiger partial charge < -0.3 is 15.5 Å². The van der Waals surface area contributed by atoms with Gasteiger partial charge in [-0.2, -0.15) is 0 Å². The number of amides is 1. The highest BCUT2D eigenvalue weighted by atomic mass is 16.2. The van der Waals surface area contributed by atoms with E-state index in [1.165, 1.54) is 6.42 Å². The van der Waals surface area contributed by atoms with Crippen LogP contribution in [0.1, 0.15) is 47.5 Å². The molecule has 1 amide bonds. The minimum Gasteiger partial charge on any atom is -0.356 e. The Morgan fingerprint density at radius 1 is 1.17 bits per heavy atom. The Morgan fingerprint density at radius 3 is 2.29 bits per heavy atom. The number of aliphatic imine (C=N–C) groups is 1. The number of nitrogens with zero attached hydrogens (tertiary/aromatic N) is 3. The first-order valence-corrected chi connectivity index (χ1v) is 9.18. The summed E-state index contributed by atoms with van der Waals surface area (Å²) in [4.78, 5) is 20.7. The maximum Gasteiger partial charge on any atom is 0.234 e. The second-order valence-corrected chi connectivity index (χ2v) is 8.12. The van der Waals surface area contributed by atoms with Crippen LogP contribution in [0.15, 0.2) is 4.99 Å². The molecule has 0 saturated carbocycles. The van der Waals surface area contributed by atoms with Crippen LogP contribution in [0.25, 0.3) is 0 Å². The number of rotatable bonds is 6. The smallest absolute Gasteiger partial charge is 0.234 e. The molecule has 1 aliphatic heterocycles. The average molecular weight is 340 g/mol. The molecule has 1 saturated heterocycles. The van der Waals surface area contributed by atoms with Crippen molar-refractivity contribution in [1.82, 2.24) is 20.4 Å². The lowest BCUT2D eigenvalue weighted by molar-refractivity contribution is -0.123. The number of guanidine groups is 1. The second-order valence-electron chi connectivity index (χ2n) is 8.12. The highest BCUT2D eigenvalue weighted by Crippen LogP contribution is 2.19. The lowest BCUT2D eigenvalue weighted by Gasteiger charge is -2.36. The third-order valence-corrected chi connectivity index (χ3v) is 4.09. The summed E-state index contributed by atoms with van der Waals surface area (Å²) in [6, 6.07) is 0.204. The molecule has 6 nitrogen and oxygen atoms in total. The van der Waals surface area contributed by atoms with E-state index in [1.54, 1.807) is 0 Å². The normalized spacial score (nSPS) is 17.3. The Balaban J connectivity index is 2.30. The first-order chi connectivity index (χ1) is 11.2. The van der Waals surface area contributed by atoms with Gasteiger partial charge in [0.15, 0.2) is 5.96 Å². The maximum absolute atomic E-state index is 11.8. The predicted octanol–water partition coefficient (Wildman–Crippen LogP) is 1.53. The van der Waals surface area contributed by atoms with Crippen molar-refractivity contribution in [3.63, 3.8) is 0 Å². The summed E-state index contributed by atoms with van der Waals surface area (Å²) < 4.78 is 0. The Kier molecular flexibility index (Phi) is 8.53. The number of hydrogen-bond donors (Lipinski definition) is 2. The van der Waals surface area contributed by atoms with Crippen LogP contribution in [0, 0.1) is 5.41 Å². The second kappa shape index (κ2) is 9.87. The van der Waals surface area contributed by atoms with Crippen LogP contribution in [0.4, 0.5) is 0 Å². The van der Waals surface area contributed by atoms with Crippen molar-refractivity contribution in [3.05, 3.63) is 0 Å². The summed E-state index contributed by atoms with van der Waals surface area (Å²) in [7, 11) is 1.84. The van der Waals surface area contributed by atoms with Gasteiger partial charge in [0, 0.05) is 45.8 Å². The van der Waals surface area contributed by atoms with Crippen LogP contribution in [0.3, 0.4) is 0 Å². The monoisotopic (exact) mass is 339 g/mol. The molecule has 6 heteroatoms. The van der Waals surface area contributed by atoms with Gasteiger partial charge in [-0.15, -0.1) is 0 Å². The quantitative estimate of drug-likeness (QED) is 0.438. The van der Waals surface area contributed by atoms with Crippen molar-refractivity contribution >= 4 is 11.9 Å². The molecule has 0 aromatic rings. The van der Waals surface area contributed by atoms with E-state index < -0.39 is 0 Å². The number of piperazine rings is 1. The maximum atomic E-state index is 11.8. The van der Waals surface area contributed by atoms with Crippen LogP contribution in [-0.2, 0) is 4.79 Å². The lowest BCUT2D eigenvalue weighted by Crippen LogP contribution is -2.54. The molecule has 0 bridgehead atoms. The van der Waals surface area contributed by atoms with E-state index in [2.05, 4.69) is 46.2 Å². The summed E-state index contributed by atoms with van der Waals surface area (Å²) in [5.74, 6) is 1.10. The molecule has 0 atom stereocenters. The number of carbonyl (C=O) groups is 1. The van der Waals surface area contributed by atoms with E-state index in [-0.39, 0.29) is 11.9 Å². The van der Waals surface area contributed by atoms with Crippen LogP contribution in [-0.4, -0.2) is 74.0 Å². The largest absolute Gasteiger partial charge is 0.356 e. The fourth-order valence-electron chi connectivity index (χ4n) is 2.84. The SMILES string of the molecule is CN=C(NCCCC(C)(C)C)N1CCN(CC(=O)NC(C)C)CC1. The Hall–Kier alpha value is -1.30. The molecule has 140 valence electrons. The summed E-state index contributed by atoms with van der Waals surface area (Å²) >= 11 is 0. The molecule has 1 rings (SSSR count). The zero-order valence-corrected chi connectivity index (χ0v) is 16.5. The van der Waals surface area contributed by atoms with E-state index in [9.17, 15) is 4.79 Å². The van der Waals surface area contributed by atoms with Crippen molar-refractivity contribution in [2.75, 3.05) is 46.3 Å². The molecule has 0 spiro atoms. The number of hydrogen-bond acceptors (Lipinski definition) is 3. The van der Waals surface area contributed by atoms with Crippen molar-refractivity contribution in [3.8, 4) is 0 Å². The standard InChI is InChI=1S/C18H37N5O/c1-15(2)21-16(24)14-22-10-12-23(13-11-22)17(19-6)20-9-7-8-18(3,4)5/h15H,7-14H2,1-6H3,(H,19,20)(H,21,24). The van der Waals surface area contributed by atoms with Gasteiger partial charge in [-0.05, 0) is 32.1 Å². The molecule has 24 heavy (non-hydrogen) atoms. The topological polar surface area (TPSA) is 60.0 Å². The van der Waals surface area contributed by atoms with Crippen molar-refractivity contribution in [2.24, 2.45) is 10.4 Å². The summed E-state index contributed by atoms with van der Waals surface area (Å²) in [5, 5.41) is 6.42. The van der Waals surface area contributed by atoms with Gasteiger partial charge >= 0.3 is 0 Å². The molecular weight excluding hydrogens is 302 g/mol. The first-order valence-electron chi connectivity index (χ1n) is 9.18. The van der Waals surface area contributed by atoms with Gasteiger partial charge in [0.1, 0.15) is 0 Å². The van der Waals surface area contributed by atoms with Gasteiger partial charge in [-0.3, -0.25) is 14.7 Å². The number of nitrogens with one attached hydrogen (secondary N) is 2. The molecule has 0 aromatic carbocycles. The Bertz CT molecular complexity index is 406. The Labute approximate surface area is 148 Å². The van der Waals surface area contributed by atoms with Crippen molar-refractivity contribution < 1.29 is 4.79 Å². The van der Waals surface area contributed by atoms with Crippen molar-refractivity contribution in [1.29, 1.82) is 0 Å². The zero-order valence-electron chi connectivity index (χ0n) is 16.5. The Morgan fingerprint density at radius 2 is 1.79 bits per heavy atom. The zero-order chi connectivity index (χ0) is 18.2. The highest BCUT2D eigenvalue weighted by molar-refractivity contribution is 5.80. The molecule has 1 aliphatic rings. The predicted molar refractivity (Wildman–Crippen MR) is 101 cm³/mol. The fourth-order valence-corrected chi connectivity index (χ4v) is 2.84. The molecule has 1 heterocycles. The average Bonchev–Trinajstić information content (AvgIpc) is 2.46. The van der Waals surface area contributed by atoms with Gasteiger partial charge in [0.25, 0.3) is 0 Å². The highest BCUT2D eigenvalue weighted by Gasteiger charge is 2.21. The van der Waals surface area contributed by atoms with Gasteiger partial charge in [0.05, 0.1) is 6.54 Å². The van der Waals surface area contributed by atoms with Crippen LogP contribution < -0.4 is 10.6 Å². The van der Waals surface area contributed by atoms with Gasteiger partial charge in [0.2, 0.25) is 5.91 Å². The van der Waals surface area contributed by atoms with E-state index in [0.29, 0.717) is 12.0 Å². The van der Waals surface area contributed by atoms with Gasteiger partial charge in [-0.1, -0.05) is 20.8 Å². The molecule has 0 aliphatic carbocycles. The third-order valence-electron chi connectivity index (χ3n) is 4.09. The minimum absolute atomic E-state index is 0.114. The molecule has 0 unspecified atom stereocenters. The van der Waals surface area contributed by atoms with E-state index in [4.69, 9.17) is 0 Å². The first kappa shape index (κ1) is 20.7. The molecule has 0 radical (unpaired) electrons. The summed E-state index contributed by atoms with van der Waals surface area (Å²) in [5.41, 5.74) is 0.382. The third kappa shape index (κ3) is 8.52. The molecular formula is C18H37N5O. The van der Waals surface area contributed by atoms with Crippen molar-refractivity contribution in [2.45, 2.75) is 53.5 Å². The summed E-state index contributed by atoms with van der Waals surface area (Å²) in [6.45, 7) is 15.9. The van der Waals surface area contributed by atoms with Crippen LogP contribution in [0.5, 0.6) is 0 Å². The fraction of sp³-hybridized carbons (Fsp3) is 0.889. The van der Waals surface area contributed by atoms with Crippen LogP contribution >= 0.6 is 0 Å². The molecule has 1 fully saturated rings. The van der Waals surface area contributed by atoms with E-state index >= 15 is 0 Å². The number of carbonyl (C=O) groups excluding carboxylic acids is 1. The minimum atomic E-state index is 0.114. The van der Waals surface area contributed by atoms with E-state index in [1.807, 2.05) is 20.9 Å². The lowest BCUT2D eigenvalue weighted by atomic mass is 9.91. The summed E-state index contributed by atoms with van der Waals surface area (Å²) in [6.07, 6.45) is 2.35. The molecule has 2 N–H and O–H groups in total.